The van der Waals surface area contributed by atoms with Crippen LogP contribution in [0.3, 0.4) is 0 Å². The maximum Gasteiger partial charge on any atom is 0.408 e. The van der Waals surface area contributed by atoms with Crippen LogP contribution in [0, 0.1) is 0 Å². The molecular weight excluding hydrogens is 664 g/mol. The SMILES string of the molecule is CC(=O)OCCCNC(=O)[C@@H](Cc1ccccc1)N(C)C(=O)[C@@H](Cc1ccc2ccccc2c1)NCC(=O)COCC(C)(C)NC(=O)OC(C)(C)C. The summed E-state index contributed by atoms with van der Waals surface area (Å²) in [6.07, 6.45) is 0.360. The number of carbonyl (C=O) groups excluding carboxylic acids is 5. The number of rotatable bonds is 19. The number of hydrogen-bond donors (Lipinski definition) is 3. The van der Waals surface area contributed by atoms with Crippen molar-refractivity contribution in [1.82, 2.24) is 20.9 Å². The molecule has 0 radical (unpaired) electrons. The number of nitrogens with one attached hydrogen (secondary N) is 3. The van der Waals surface area contributed by atoms with E-state index in [1.165, 1.54) is 11.8 Å². The number of fused-ring (bicyclic) bond motifs is 1. The molecule has 0 spiro atoms. The van der Waals surface area contributed by atoms with E-state index < -0.39 is 35.3 Å². The predicted octanol–water partition coefficient (Wildman–Crippen LogP) is 4.37. The minimum absolute atomic E-state index is 0.0529. The Kier molecular flexibility index (Phi) is 15.8. The van der Waals surface area contributed by atoms with Gasteiger partial charge in [0.15, 0.2) is 5.78 Å². The first-order valence-electron chi connectivity index (χ1n) is 17.6. The molecule has 2 atom stereocenters. The van der Waals surface area contributed by atoms with Crippen LogP contribution < -0.4 is 16.0 Å². The molecule has 3 rings (SSSR count). The van der Waals surface area contributed by atoms with Crippen LogP contribution >= 0.6 is 0 Å². The molecule has 0 aliphatic carbocycles. The monoisotopic (exact) mass is 718 g/mol. The molecule has 0 unspecified atom stereocenters. The van der Waals surface area contributed by atoms with Crippen molar-refractivity contribution in [3.05, 3.63) is 83.9 Å². The number of hydrogen-bond acceptors (Lipinski definition) is 9. The first kappa shape index (κ1) is 41.6. The van der Waals surface area contributed by atoms with Gasteiger partial charge in [-0.2, -0.15) is 0 Å². The zero-order valence-electron chi connectivity index (χ0n) is 31.5. The van der Waals surface area contributed by atoms with Crippen LogP contribution in [0.15, 0.2) is 72.8 Å². The molecule has 3 aromatic carbocycles. The molecule has 0 aliphatic heterocycles. The third-order valence-corrected chi connectivity index (χ3v) is 7.98. The number of amides is 3. The van der Waals surface area contributed by atoms with Crippen molar-refractivity contribution in [3.63, 3.8) is 0 Å². The number of esters is 1. The Morgan fingerprint density at radius 3 is 2.17 bits per heavy atom. The second kappa shape index (κ2) is 19.7. The maximum atomic E-state index is 14.3. The first-order chi connectivity index (χ1) is 24.5. The summed E-state index contributed by atoms with van der Waals surface area (Å²) in [6.45, 7) is 10.2. The van der Waals surface area contributed by atoms with E-state index in [-0.39, 0.29) is 63.3 Å². The van der Waals surface area contributed by atoms with Gasteiger partial charge in [-0.25, -0.2) is 4.79 Å². The minimum Gasteiger partial charge on any atom is -0.466 e. The number of ketones is 1. The van der Waals surface area contributed by atoms with E-state index in [2.05, 4.69) is 16.0 Å². The number of ether oxygens (including phenoxy) is 3. The highest BCUT2D eigenvalue weighted by Crippen LogP contribution is 2.18. The minimum atomic E-state index is -0.858. The zero-order valence-corrected chi connectivity index (χ0v) is 31.5. The van der Waals surface area contributed by atoms with Crippen molar-refractivity contribution < 1.29 is 38.2 Å². The van der Waals surface area contributed by atoms with Gasteiger partial charge in [0.05, 0.1) is 31.3 Å². The van der Waals surface area contributed by atoms with E-state index in [9.17, 15) is 24.0 Å². The summed E-state index contributed by atoms with van der Waals surface area (Å²) < 4.78 is 16.0. The quantitative estimate of drug-likeness (QED) is 0.121. The molecule has 0 aromatic heterocycles. The summed E-state index contributed by atoms with van der Waals surface area (Å²) in [6, 6.07) is 21.6. The number of Topliss-reactive ketones (excluding diaryl/α,β-unsaturated/α-hetero) is 1. The third-order valence-electron chi connectivity index (χ3n) is 7.98. The lowest BCUT2D eigenvalue weighted by Gasteiger charge is -2.31. The predicted molar refractivity (Wildman–Crippen MR) is 200 cm³/mol. The normalized spacial score (nSPS) is 12.8. The Hall–Kier alpha value is -4.81. The lowest BCUT2D eigenvalue weighted by molar-refractivity contribution is -0.142. The van der Waals surface area contributed by atoms with E-state index in [1.807, 2.05) is 72.8 Å². The van der Waals surface area contributed by atoms with Crippen molar-refractivity contribution in [1.29, 1.82) is 0 Å². The number of nitrogens with zero attached hydrogens (tertiary/aromatic N) is 1. The van der Waals surface area contributed by atoms with Crippen molar-refractivity contribution in [2.45, 2.75) is 84.0 Å². The van der Waals surface area contributed by atoms with E-state index in [0.717, 1.165) is 21.9 Å². The van der Waals surface area contributed by atoms with Crippen LogP contribution in [-0.4, -0.2) is 97.7 Å². The highest BCUT2D eigenvalue weighted by molar-refractivity contribution is 5.91. The van der Waals surface area contributed by atoms with Crippen LogP contribution in [0.2, 0.25) is 0 Å². The molecule has 12 nitrogen and oxygen atoms in total. The van der Waals surface area contributed by atoms with Crippen LogP contribution in [0.4, 0.5) is 4.79 Å². The van der Waals surface area contributed by atoms with Crippen LogP contribution in [0.25, 0.3) is 10.8 Å². The van der Waals surface area contributed by atoms with E-state index >= 15 is 0 Å². The Bertz CT molecular complexity index is 1650. The second-order valence-electron chi connectivity index (χ2n) is 14.5. The van der Waals surface area contributed by atoms with E-state index in [1.54, 1.807) is 41.7 Å². The van der Waals surface area contributed by atoms with Gasteiger partial charge in [-0.3, -0.25) is 24.5 Å². The molecule has 12 heteroatoms. The topological polar surface area (TPSA) is 152 Å². The number of alkyl carbamates (subject to hydrolysis) is 1. The van der Waals surface area contributed by atoms with E-state index in [4.69, 9.17) is 14.2 Å². The Morgan fingerprint density at radius 2 is 1.50 bits per heavy atom. The summed E-state index contributed by atoms with van der Waals surface area (Å²) in [5.74, 6) is -1.40. The molecule has 0 fully saturated rings. The average molecular weight is 719 g/mol. The summed E-state index contributed by atoms with van der Waals surface area (Å²) in [4.78, 5) is 65.7. The highest BCUT2D eigenvalue weighted by Gasteiger charge is 2.32. The van der Waals surface area contributed by atoms with Crippen molar-refractivity contribution >= 4 is 40.4 Å². The van der Waals surface area contributed by atoms with Gasteiger partial charge in [-0.1, -0.05) is 72.8 Å². The van der Waals surface area contributed by atoms with Gasteiger partial charge >= 0.3 is 12.1 Å². The Morgan fingerprint density at radius 1 is 0.827 bits per heavy atom. The number of benzene rings is 3. The van der Waals surface area contributed by atoms with Crippen molar-refractivity contribution in [3.8, 4) is 0 Å². The molecule has 282 valence electrons. The molecule has 0 bridgehead atoms. The van der Waals surface area contributed by atoms with E-state index in [0.29, 0.717) is 6.42 Å². The largest absolute Gasteiger partial charge is 0.466 e. The number of likely N-dealkylation sites (N-methyl/N-ethyl adjacent to an activating group) is 1. The van der Waals surface area contributed by atoms with Gasteiger partial charge in [-0.05, 0) is 69.4 Å². The average Bonchev–Trinajstić information content (AvgIpc) is 3.07. The standard InChI is InChI=1S/C40H54N4O8/c1-28(45)51-21-13-20-41-36(47)35(24-29-14-9-8-10-15-29)44(7)37(48)34(23-30-18-19-31-16-11-12-17-32(31)22-30)42-25-33(46)26-50-27-40(5,6)43-38(49)52-39(2,3)4/h8-12,14-19,22,34-35,42H,13,20-21,23-27H2,1-7H3,(H,41,47)(H,43,49)/t34-,35-/m1/s1. The molecule has 3 N–H and O–H groups in total. The van der Waals surface area contributed by atoms with Crippen molar-refractivity contribution in [2.75, 3.05) is 40.0 Å². The van der Waals surface area contributed by atoms with Gasteiger partial charge in [0, 0.05) is 26.9 Å². The molecule has 52 heavy (non-hydrogen) atoms. The molecule has 0 heterocycles. The van der Waals surface area contributed by atoms with Crippen LogP contribution in [0.5, 0.6) is 0 Å². The molecule has 0 saturated carbocycles. The van der Waals surface area contributed by atoms with Gasteiger partial charge in [-0.15, -0.1) is 0 Å². The fourth-order valence-corrected chi connectivity index (χ4v) is 5.43. The van der Waals surface area contributed by atoms with Crippen LogP contribution in [0.1, 0.15) is 59.1 Å². The summed E-state index contributed by atoms with van der Waals surface area (Å²) >= 11 is 0. The first-order valence-corrected chi connectivity index (χ1v) is 17.6. The Labute approximate surface area is 306 Å². The third kappa shape index (κ3) is 14.8. The van der Waals surface area contributed by atoms with Gasteiger partial charge < -0.3 is 29.7 Å². The molecule has 0 aliphatic rings. The molecule has 0 saturated heterocycles. The van der Waals surface area contributed by atoms with Gasteiger partial charge in [0.2, 0.25) is 11.8 Å². The maximum absolute atomic E-state index is 14.3. The van der Waals surface area contributed by atoms with Gasteiger partial charge in [0.25, 0.3) is 0 Å². The Balaban J connectivity index is 1.74. The fourth-order valence-electron chi connectivity index (χ4n) is 5.43. The summed E-state index contributed by atoms with van der Waals surface area (Å²) in [5, 5.41) is 10.8. The number of carbonyl (C=O) groups is 5. The molecular formula is C40H54N4O8. The highest BCUT2D eigenvalue weighted by atomic mass is 16.6. The fraction of sp³-hybridized carbons (Fsp3) is 0.475. The van der Waals surface area contributed by atoms with Crippen LogP contribution in [-0.2, 0) is 46.2 Å². The molecule has 3 aromatic rings. The lowest BCUT2D eigenvalue weighted by Crippen LogP contribution is -2.55. The second-order valence-corrected chi connectivity index (χ2v) is 14.5. The molecule has 3 amide bonds. The lowest BCUT2D eigenvalue weighted by atomic mass is 9.99. The zero-order chi connectivity index (χ0) is 38.3. The smallest absolute Gasteiger partial charge is 0.408 e. The van der Waals surface area contributed by atoms with Gasteiger partial charge in [0.1, 0.15) is 18.2 Å². The van der Waals surface area contributed by atoms with Crippen molar-refractivity contribution in [2.24, 2.45) is 0 Å². The summed E-state index contributed by atoms with van der Waals surface area (Å²) in [7, 11) is 1.59. The summed E-state index contributed by atoms with van der Waals surface area (Å²) in [5.41, 5.74) is 0.293.